The second kappa shape index (κ2) is 6.68. The fourth-order valence-electron chi connectivity index (χ4n) is 3.58. The molecule has 1 aromatic carbocycles. The molecule has 1 amide bonds. The molecule has 0 radical (unpaired) electrons. The third-order valence-electron chi connectivity index (χ3n) is 4.85. The Labute approximate surface area is 153 Å². The fourth-order valence-corrected chi connectivity index (χ4v) is 3.58. The predicted octanol–water partition coefficient (Wildman–Crippen LogP) is 3.86. The van der Waals surface area contributed by atoms with Crippen molar-refractivity contribution in [1.29, 1.82) is 0 Å². The van der Waals surface area contributed by atoms with Gasteiger partial charge in [0.1, 0.15) is 17.3 Å². The minimum atomic E-state index is -0.616. The molecular formula is C20H25NO5. The number of furan rings is 1. The van der Waals surface area contributed by atoms with E-state index in [1.807, 2.05) is 6.92 Å². The largest absolute Gasteiger partial charge is 0.497 e. The molecule has 2 N–H and O–H groups in total. The summed E-state index contributed by atoms with van der Waals surface area (Å²) < 4.78 is 16.3. The predicted molar refractivity (Wildman–Crippen MR) is 98.0 cm³/mol. The van der Waals surface area contributed by atoms with E-state index in [1.165, 1.54) is 7.11 Å². The Balaban J connectivity index is 1.90. The highest BCUT2D eigenvalue weighted by Crippen LogP contribution is 2.44. The smallest absolute Gasteiger partial charge is 0.291 e. The molecule has 1 atom stereocenters. The zero-order valence-electron chi connectivity index (χ0n) is 15.8. The summed E-state index contributed by atoms with van der Waals surface area (Å²) in [4.78, 5) is 12.8. The van der Waals surface area contributed by atoms with Gasteiger partial charge in [0.2, 0.25) is 0 Å². The number of nitrogens with one attached hydrogen (secondary N) is 1. The standard InChI is InChI=1S/C20H25NO5/c1-11-17-14(22)9-20(2,3)10-16(17)26-18(11)19(23)21-13-7-6-12(24-4)8-15(13)25-5/h6-8,14,22H,9-10H2,1-5H3,(H,21,23). The molecule has 0 aliphatic heterocycles. The minimum absolute atomic E-state index is 0.0658. The molecule has 0 saturated heterocycles. The van der Waals surface area contributed by atoms with Crippen LogP contribution in [0.5, 0.6) is 11.5 Å². The number of ether oxygens (including phenoxy) is 2. The Morgan fingerprint density at radius 1 is 1.31 bits per heavy atom. The average molecular weight is 359 g/mol. The Morgan fingerprint density at radius 3 is 2.69 bits per heavy atom. The quantitative estimate of drug-likeness (QED) is 0.866. The molecule has 6 heteroatoms. The Hall–Kier alpha value is -2.47. The van der Waals surface area contributed by atoms with E-state index in [0.717, 1.165) is 5.56 Å². The molecule has 1 aliphatic rings. The van der Waals surface area contributed by atoms with Crippen LogP contribution in [-0.2, 0) is 6.42 Å². The van der Waals surface area contributed by atoms with Crippen LogP contribution in [0, 0.1) is 12.3 Å². The van der Waals surface area contributed by atoms with Gasteiger partial charge in [0, 0.05) is 23.6 Å². The lowest BCUT2D eigenvalue weighted by atomic mass is 9.75. The normalized spacial score (nSPS) is 18.2. The number of aliphatic hydroxyl groups excluding tert-OH is 1. The number of fused-ring (bicyclic) bond motifs is 1. The second-order valence-electron chi connectivity index (χ2n) is 7.47. The van der Waals surface area contributed by atoms with E-state index in [2.05, 4.69) is 19.2 Å². The fraction of sp³-hybridized carbons (Fsp3) is 0.450. The number of hydrogen-bond acceptors (Lipinski definition) is 5. The molecule has 1 aliphatic carbocycles. The Kier molecular flexibility index (Phi) is 4.71. The molecule has 2 aromatic rings. The molecular weight excluding hydrogens is 334 g/mol. The van der Waals surface area contributed by atoms with Crippen molar-refractivity contribution in [1.82, 2.24) is 0 Å². The zero-order chi connectivity index (χ0) is 19.1. The number of aliphatic hydroxyl groups is 1. The SMILES string of the molecule is COc1ccc(NC(=O)c2oc3c(c2C)C(O)CC(C)(C)C3)c(OC)c1. The van der Waals surface area contributed by atoms with Gasteiger partial charge in [-0.1, -0.05) is 13.8 Å². The number of carbonyl (C=O) groups is 1. The molecule has 0 fully saturated rings. The molecule has 0 bridgehead atoms. The van der Waals surface area contributed by atoms with Crippen LogP contribution in [0.25, 0.3) is 0 Å². The first-order valence-electron chi connectivity index (χ1n) is 8.59. The lowest BCUT2D eigenvalue weighted by molar-refractivity contribution is 0.0910. The van der Waals surface area contributed by atoms with Crippen molar-refractivity contribution in [2.24, 2.45) is 5.41 Å². The first-order valence-corrected chi connectivity index (χ1v) is 8.59. The zero-order valence-corrected chi connectivity index (χ0v) is 15.8. The monoisotopic (exact) mass is 359 g/mol. The van der Waals surface area contributed by atoms with E-state index >= 15 is 0 Å². The van der Waals surface area contributed by atoms with E-state index in [-0.39, 0.29) is 17.1 Å². The molecule has 0 spiro atoms. The molecule has 3 rings (SSSR count). The number of rotatable bonds is 4. The van der Waals surface area contributed by atoms with Crippen molar-refractivity contribution in [2.75, 3.05) is 19.5 Å². The lowest BCUT2D eigenvalue weighted by Crippen LogP contribution is -2.24. The van der Waals surface area contributed by atoms with Gasteiger partial charge in [0.25, 0.3) is 5.91 Å². The van der Waals surface area contributed by atoms with Crippen LogP contribution in [0.2, 0.25) is 0 Å². The minimum Gasteiger partial charge on any atom is -0.497 e. The van der Waals surface area contributed by atoms with E-state index in [1.54, 1.807) is 25.3 Å². The van der Waals surface area contributed by atoms with Gasteiger partial charge in [-0.05, 0) is 30.9 Å². The van der Waals surface area contributed by atoms with Crippen LogP contribution in [0.1, 0.15) is 53.8 Å². The molecule has 6 nitrogen and oxygen atoms in total. The maximum atomic E-state index is 12.8. The maximum Gasteiger partial charge on any atom is 0.291 e. The highest BCUT2D eigenvalue weighted by atomic mass is 16.5. The van der Waals surface area contributed by atoms with Crippen LogP contribution >= 0.6 is 0 Å². The second-order valence-corrected chi connectivity index (χ2v) is 7.47. The molecule has 1 unspecified atom stereocenters. The molecule has 0 saturated carbocycles. The van der Waals surface area contributed by atoms with Gasteiger partial charge >= 0.3 is 0 Å². The van der Waals surface area contributed by atoms with Crippen LogP contribution in [0.4, 0.5) is 5.69 Å². The Bertz CT molecular complexity index is 837. The van der Waals surface area contributed by atoms with Gasteiger partial charge in [-0.15, -0.1) is 0 Å². The van der Waals surface area contributed by atoms with Crippen molar-refractivity contribution in [2.45, 2.75) is 39.7 Å². The topological polar surface area (TPSA) is 80.9 Å². The third-order valence-corrected chi connectivity index (χ3v) is 4.85. The number of amides is 1. The van der Waals surface area contributed by atoms with Crippen molar-refractivity contribution < 1.29 is 23.8 Å². The summed E-state index contributed by atoms with van der Waals surface area (Å²) in [7, 11) is 3.09. The number of methoxy groups -OCH3 is 2. The lowest BCUT2D eigenvalue weighted by Gasteiger charge is -2.31. The van der Waals surface area contributed by atoms with Gasteiger partial charge < -0.3 is 24.3 Å². The van der Waals surface area contributed by atoms with E-state index in [0.29, 0.717) is 41.4 Å². The summed E-state index contributed by atoms with van der Waals surface area (Å²) in [5, 5.41) is 13.3. The van der Waals surface area contributed by atoms with Gasteiger partial charge in [0.05, 0.1) is 26.0 Å². The van der Waals surface area contributed by atoms with Crippen molar-refractivity contribution >= 4 is 11.6 Å². The summed E-state index contributed by atoms with van der Waals surface area (Å²) >= 11 is 0. The molecule has 26 heavy (non-hydrogen) atoms. The van der Waals surface area contributed by atoms with E-state index < -0.39 is 6.10 Å². The van der Waals surface area contributed by atoms with Crippen LogP contribution in [0.3, 0.4) is 0 Å². The molecule has 1 aromatic heterocycles. The van der Waals surface area contributed by atoms with Crippen LogP contribution in [0.15, 0.2) is 22.6 Å². The van der Waals surface area contributed by atoms with Crippen molar-refractivity contribution in [3.05, 3.63) is 40.8 Å². The summed E-state index contributed by atoms with van der Waals surface area (Å²) in [5.41, 5.74) is 1.89. The van der Waals surface area contributed by atoms with Gasteiger partial charge in [0.15, 0.2) is 5.76 Å². The van der Waals surface area contributed by atoms with Gasteiger partial charge in [-0.3, -0.25) is 4.79 Å². The molecule has 1 heterocycles. The number of carbonyl (C=O) groups excluding carboxylic acids is 1. The average Bonchev–Trinajstić information content (AvgIpc) is 2.90. The molecule has 140 valence electrons. The number of hydrogen-bond donors (Lipinski definition) is 2. The van der Waals surface area contributed by atoms with E-state index in [4.69, 9.17) is 13.9 Å². The highest BCUT2D eigenvalue weighted by molar-refractivity contribution is 6.04. The summed E-state index contributed by atoms with van der Waals surface area (Å²) in [6, 6.07) is 5.15. The van der Waals surface area contributed by atoms with Gasteiger partial charge in [-0.25, -0.2) is 0 Å². The van der Waals surface area contributed by atoms with Crippen LogP contribution in [-0.4, -0.2) is 25.2 Å². The summed E-state index contributed by atoms with van der Waals surface area (Å²) in [6.45, 7) is 5.97. The van der Waals surface area contributed by atoms with Crippen molar-refractivity contribution in [3.63, 3.8) is 0 Å². The summed E-state index contributed by atoms with van der Waals surface area (Å²) in [5.74, 6) is 1.68. The first kappa shape index (κ1) is 18.3. The maximum absolute atomic E-state index is 12.8. The highest BCUT2D eigenvalue weighted by Gasteiger charge is 2.37. The summed E-state index contributed by atoms with van der Waals surface area (Å²) in [6.07, 6.45) is 0.724. The Morgan fingerprint density at radius 2 is 2.04 bits per heavy atom. The van der Waals surface area contributed by atoms with Crippen LogP contribution < -0.4 is 14.8 Å². The van der Waals surface area contributed by atoms with Crippen molar-refractivity contribution in [3.8, 4) is 11.5 Å². The number of anilines is 1. The number of benzene rings is 1. The third kappa shape index (κ3) is 3.29. The first-order chi connectivity index (χ1) is 12.3. The van der Waals surface area contributed by atoms with Gasteiger partial charge in [-0.2, -0.15) is 0 Å². The van der Waals surface area contributed by atoms with E-state index in [9.17, 15) is 9.90 Å².